The maximum absolute atomic E-state index is 12.4. The summed E-state index contributed by atoms with van der Waals surface area (Å²) in [7, 11) is 0. The summed E-state index contributed by atoms with van der Waals surface area (Å²) in [5, 5.41) is 0. The zero-order valence-corrected chi connectivity index (χ0v) is 19.3. The van der Waals surface area contributed by atoms with Gasteiger partial charge in [0.15, 0.2) is 0 Å². The van der Waals surface area contributed by atoms with Crippen molar-refractivity contribution in [1.82, 2.24) is 9.88 Å². The molecule has 0 saturated carbocycles. The molecule has 1 amide bonds. The van der Waals surface area contributed by atoms with Crippen LogP contribution in [0.15, 0.2) is 48.7 Å². The Morgan fingerprint density at radius 1 is 1.09 bits per heavy atom. The molecule has 0 radical (unpaired) electrons. The molecule has 7 heteroatoms. The number of piperidine rings is 1. The number of ether oxygens (including phenoxy) is 3. The largest absolute Gasteiger partial charge is 0.471 e. The first-order chi connectivity index (χ1) is 15.3. The molecule has 2 fully saturated rings. The predicted octanol–water partition coefficient (Wildman–Crippen LogP) is 4.27. The molecule has 2 aromatic rings. The Labute approximate surface area is 190 Å². The first-order valence-corrected chi connectivity index (χ1v) is 11.3. The quantitative estimate of drug-likeness (QED) is 0.709. The lowest BCUT2D eigenvalue weighted by Crippen LogP contribution is -2.58. The molecule has 3 heterocycles. The number of hydrogen-bond donors (Lipinski definition) is 0. The zero-order chi connectivity index (χ0) is 22.6. The van der Waals surface area contributed by atoms with Crippen molar-refractivity contribution in [3.63, 3.8) is 0 Å². The molecule has 0 N–H and O–H groups in total. The Bertz CT molecular complexity index is 905. The molecule has 32 heavy (non-hydrogen) atoms. The van der Waals surface area contributed by atoms with E-state index in [1.807, 2.05) is 57.2 Å². The highest BCUT2D eigenvalue weighted by Gasteiger charge is 2.42. The summed E-state index contributed by atoms with van der Waals surface area (Å²) in [4.78, 5) is 21.0. The Morgan fingerprint density at radius 3 is 2.56 bits per heavy atom. The molecule has 172 valence electrons. The van der Waals surface area contributed by atoms with E-state index in [4.69, 9.17) is 14.2 Å². The smallest absolute Gasteiger partial charge is 0.410 e. The summed E-state index contributed by atoms with van der Waals surface area (Å²) in [6.07, 6.45) is 3.08. The average molecular weight is 440 g/mol. The molecule has 1 aromatic carbocycles. The molecular weight excluding hydrogens is 406 g/mol. The maximum Gasteiger partial charge on any atom is 0.410 e. The third kappa shape index (κ3) is 5.51. The summed E-state index contributed by atoms with van der Waals surface area (Å²) in [5.41, 5.74) is 1.34. The number of nitrogens with zero attached hydrogens (tertiary/aromatic N) is 3. The van der Waals surface area contributed by atoms with Crippen molar-refractivity contribution in [1.29, 1.82) is 0 Å². The second kappa shape index (κ2) is 9.36. The van der Waals surface area contributed by atoms with Gasteiger partial charge in [-0.3, -0.25) is 0 Å². The van der Waals surface area contributed by atoms with Gasteiger partial charge in [-0.05, 0) is 51.3 Å². The standard InChI is InChI=1S/C25H33N3O4/c1-24(2,3)32-23(29)27-14-11-25(12-15-27)19-28(16-17-31-25)21-10-7-13-26-22(21)30-18-20-8-5-4-6-9-20/h4-10,13H,11-12,14-19H2,1-3H3. The predicted molar refractivity (Wildman–Crippen MR) is 123 cm³/mol. The van der Waals surface area contributed by atoms with Gasteiger partial charge < -0.3 is 24.0 Å². The Kier molecular flexibility index (Phi) is 6.55. The van der Waals surface area contributed by atoms with Gasteiger partial charge in [0.2, 0.25) is 5.88 Å². The Balaban J connectivity index is 1.40. The van der Waals surface area contributed by atoms with Gasteiger partial charge in [-0.15, -0.1) is 0 Å². The van der Waals surface area contributed by atoms with Gasteiger partial charge in [-0.1, -0.05) is 30.3 Å². The van der Waals surface area contributed by atoms with Crippen LogP contribution in [0, 0.1) is 0 Å². The summed E-state index contributed by atoms with van der Waals surface area (Å²) in [6, 6.07) is 14.1. The minimum Gasteiger partial charge on any atom is -0.471 e. The van der Waals surface area contributed by atoms with Crippen molar-refractivity contribution in [3.05, 3.63) is 54.2 Å². The van der Waals surface area contributed by atoms with E-state index in [9.17, 15) is 4.79 Å². The van der Waals surface area contributed by atoms with Crippen molar-refractivity contribution >= 4 is 11.8 Å². The fourth-order valence-electron chi connectivity index (χ4n) is 4.24. The van der Waals surface area contributed by atoms with Crippen LogP contribution in [-0.4, -0.2) is 60.0 Å². The SMILES string of the molecule is CC(C)(C)OC(=O)N1CCC2(CC1)CN(c1cccnc1OCc1ccccc1)CCO2. The van der Waals surface area contributed by atoms with Crippen LogP contribution in [0.25, 0.3) is 0 Å². The van der Waals surface area contributed by atoms with E-state index in [-0.39, 0.29) is 11.7 Å². The number of pyridine rings is 1. The van der Waals surface area contributed by atoms with E-state index in [1.165, 1.54) is 0 Å². The molecule has 7 nitrogen and oxygen atoms in total. The molecule has 0 bridgehead atoms. The molecule has 0 atom stereocenters. The maximum atomic E-state index is 12.4. The topological polar surface area (TPSA) is 64.1 Å². The van der Waals surface area contributed by atoms with Gasteiger partial charge in [-0.2, -0.15) is 0 Å². The molecular formula is C25H33N3O4. The average Bonchev–Trinajstić information content (AvgIpc) is 2.78. The summed E-state index contributed by atoms with van der Waals surface area (Å²) in [5.74, 6) is 0.639. The normalized spacial score (nSPS) is 18.5. The number of rotatable bonds is 4. The van der Waals surface area contributed by atoms with Crippen LogP contribution >= 0.6 is 0 Å². The van der Waals surface area contributed by atoms with E-state index in [1.54, 1.807) is 11.1 Å². The van der Waals surface area contributed by atoms with Crippen molar-refractivity contribution in [2.45, 2.75) is 51.4 Å². The van der Waals surface area contributed by atoms with E-state index < -0.39 is 5.60 Å². The Hall–Kier alpha value is -2.80. The molecule has 2 saturated heterocycles. The van der Waals surface area contributed by atoms with Gasteiger partial charge in [0.25, 0.3) is 0 Å². The number of morpholine rings is 1. The van der Waals surface area contributed by atoms with E-state index in [0.717, 1.165) is 37.2 Å². The third-order valence-corrected chi connectivity index (χ3v) is 5.88. The van der Waals surface area contributed by atoms with Crippen molar-refractivity contribution in [2.75, 3.05) is 37.7 Å². The van der Waals surface area contributed by atoms with Gasteiger partial charge in [0.05, 0.1) is 12.2 Å². The van der Waals surface area contributed by atoms with E-state index in [2.05, 4.69) is 16.0 Å². The van der Waals surface area contributed by atoms with Crippen molar-refractivity contribution in [2.24, 2.45) is 0 Å². The molecule has 0 aliphatic carbocycles. The summed E-state index contributed by atoms with van der Waals surface area (Å²) in [6.45, 7) is 9.59. The number of aromatic nitrogens is 1. The molecule has 2 aliphatic heterocycles. The highest BCUT2D eigenvalue weighted by atomic mass is 16.6. The zero-order valence-electron chi connectivity index (χ0n) is 19.3. The molecule has 4 rings (SSSR count). The highest BCUT2D eigenvalue weighted by Crippen LogP contribution is 2.35. The van der Waals surface area contributed by atoms with Crippen LogP contribution in [0.5, 0.6) is 5.88 Å². The lowest BCUT2D eigenvalue weighted by Gasteiger charge is -2.47. The van der Waals surface area contributed by atoms with Crippen LogP contribution < -0.4 is 9.64 Å². The Morgan fingerprint density at radius 2 is 1.84 bits per heavy atom. The van der Waals surface area contributed by atoms with Crippen molar-refractivity contribution in [3.8, 4) is 5.88 Å². The number of carbonyl (C=O) groups excluding carboxylic acids is 1. The molecule has 0 unspecified atom stereocenters. The number of carbonyl (C=O) groups is 1. The van der Waals surface area contributed by atoms with Gasteiger partial charge in [0, 0.05) is 32.4 Å². The first-order valence-electron chi connectivity index (χ1n) is 11.3. The van der Waals surface area contributed by atoms with Crippen LogP contribution in [-0.2, 0) is 16.1 Å². The van der Waals surface area contributed by atoms with Crippen LogP contribution in [0.2, 0.25) is 0 Å². The fraction of sp³-hybridized carbons (Fsp3) is 0.520. The summed E-state index contributed by atoms with van der Waals surface area (Å²) < 4.78 is 17.9. The minimum absolute atomic E-state index is 0.246. The summed E-state index contributed by atoms with van der Waals surface area (Å²) >= 11 is 0. The number of likely N-dealkylation sites (tertiary alicyclic amines) is 1. The molecule has 1 aromatic heterocycles. The van der Waals surface area contributed by atoms with Crippen molar-refractivity contribution < 1.29 is 19.0 Å². The third-order valence-electron chi connectivity index (χ3n) is 5.88. The second-order valence-corrected chi connectivity index (χ2v) is 9.52. The monoisotopic (exact) mass is 439 g/mol. The van der Waals surface area contributed by atoms with Crippen LogP contribution in [0.4, 0.5) is 10.5 Å². The van der Waals surface area contributed by atoms with Crippen LogP contribution in [0.3, 0.4) is 0 Å². The van der Waals surface area contributed by atoms with Crippen LogP contribution in [0.1, 0.15) is 39.2 Å². The number of amides is 1. The lowest BCUT2D eigenvalue weighted by atomic mass is 9.89. The molecule has 1 spiro atoms. The lowest BCUT2D eigenvalue weighted by molar-refractivity contribution is -0.0913. The molecule has 2 aliphatic rings. The fourth-order valence-corrected chi connectivity index (χ4v) is 4.24. The van der Waals surface area contributed by atoms with Gasteiger partial charge in [0.1, 0.15) is 17.9 Å². The minimum atomic E-state index is -0.485. The number of hydrogen-bond acceptors (Lipinski definition) is 6. The number of anilines is 1. The van der Waals surface area contributed by atoms with E-state index in [0.29, 0.717) is 32.2 Å². The number of benzene rings is 1. The second-order valence-electron chi connectivity index (χ2n) is 9.52. The highest BCUT2D eigenvalue weighted by molar-refractivity contribution is 5.68. The first kappa shape index (κ1) is 22.4. The van der Waals surface area contributed by atoms with Gasteiger partial charge in [-0.25, -0.2) is 9.78 Å². The van der Waals surface area contributed by atoms with Gasteiger partial charge >= 0.3 is 6.09 Å². The van der Waals surface area contributed by atoms with E-state index >= 15 is 0 Å².